The molecule has 6 nitrogen and oxygen atoms in total. The standard InChI is InChI=1S/C39H33N3O3S2/c1-3-34(39(45)42-32-16-7-9-18-35(32)47-36-19-10-8-17-33(36)42)46-30-15-11-14-29(25-30)40-38(44)31(24-27-22-20-26(2)21-23-27)41-37(43)28-12-5-4-6-13-28/h4-25,34H,3H2,1-2H3,(H,40,44)(H,41,43)/b31-24+. The number of rotatable bonds is 9. The van der Waals surface area contributed by atoms with E-state index in [1.54, 1.807) is 48.2 Å². The van der Waals surface area contributed by atoms with Gasteiger partial charge in [-0.3, -0.25) is 19.3 Å². The summed E-state index contributed by atoms with van der Waals surface area (Å²) in [5.41, 5.74) is 4.74. The fourth-order valence-electron chi connectivity index (χ4n) is 5.18. The molecule has 1 aliphatic heterocycles. The molecule has 0 saturated heterocycles. The molecule has 1 aliphatic rings. The van der Waals surface area contributed by atoms with Crippen LogP contribution < -0.4 is 15.5 Å². The van der Waals surface area contributed by atoms with Gasteiger partial charge in [-0.2, -0.15) is 0 Å². The first-order chi connectivity index (χ1) is 22.9. The maximum atomic E-state index is 14.2. The van der Waals surface area contributed by atoms with Crippen LogP contribution in [-0.4, -0.2) is 23.0 Å². The number of anilines is 3. The molecule has 5 aromatic rings. The van der Waals surface area contributed by atoms with E-state index >= 15 is 0 Å². The first kappa shape index (κ1) is 31.9. The molecule has 0 aliphatic carbocycles. The number of thioether (sulfide) groups is 1. The fourth-order valence-corrected chi connectivity index (χ4v) is 7.29. The van der Waals surface area contributed by atoms with Crippen molar-refractivity contribution in [2.75, 3.05) is 10.2 Å². The average molecular weight is 656 g/mol. The van der Waals surface area contributed by atoms with Gasteiger partial charge in [-0.1, -0.05) is 97.0 Å². The van der Waals surface area contributed by atoms with Crippen molar-refractivity contribution >= 4 is 64.4 Å². The number of hydrogen-bond acceptors (Lipinski definition) is 5. The van der Waals surface area contributed by atoms with Crippen LogP contribution in [-0.2, 0) is 9.59 Å². The van der Waals surface area contributed by atoms with Gasteiger partial charge in [-0.05, 0) is 79.6 Å². The minimum Gasteiger partial charge on any atom is -0.321 e. The topological polar surface area (TPSA) is 78.5 Å². The Hall–Kier alpha value is -5.05. The first-order valence-electron chi connectivity index (χ1n) is 15.3. The van der Waals surface area contributed by atoms with Crippen LogP contribution in [0.1, 0.15) is 34.8 Å². The summed E-state index contributed by atoms with van der Waals surface area (Å²) in [6, 6.07) is 39.9. The number of fused-ring (bicyclic) bond motifs is 2. The number of amides is 3. The van der Waals surface area contributed by atoms with Crippen molar-refractivity contribution in [2.24, 2.45) is 0 Å². The summed E-state index contributed by atoms with van der Waals surface area (Å²) in [6.07, 6.45) is 2.27. The van der Waals surface area contributed by atoms with Gasteiger partial charge in [-0.25, -0.2) is 0 Å². The Labute approximate surface area is 283 Å². The molecule has 1 unspecified atom stereocenters. The van der Waals surface area contributed by atoms with Crippen LogP contribution in [0, 0.1) is 6.92 Å². The highest BCUT2D eigenvalue weighted by atomic mass is 32.2. The molecule has 2 N–H and O–H groups in total. The first-order valence-corrected chi connectivity index (χ1v) is 17.0. The molecule has 3 amide bonds. The van der Waals surface area contributed by atoms with Crippen molar-refractivity contribution in [1.82, 2.24) is 5.32 Å². The number of hydrogen-bond donors (Lipinski definition) is 2. The molecule has 5 aromatic carbocycles. The summed E-state index contributed by atoms with van der Waals surface area (Å²) in [7, 11) is 0. The van der Waals surface area contributed by atoms with Crippen LogP contribution in [0.4, 0.5) is 17.1 Å². The summed E-state index contributed by atoms with van der Waals surface area (Å²) in [6.45, 7) is 4.00. The molecule has 234 valence electrons. The van der Waals surface area contributed by atoms with Gasteiger partial charge in [0.15, 0.2) is 0 Å². The number of nitrogens with one attached hydrogen (secondary N) is 2. The van der Waals surface area contributed by atoms with Gasteiger partial charge in [0.1, 0.15) is 5.70 Å². The Morgan fingerprint density at radius 3 is 2.09 bits per heavy atom. The van der Waals surface area contributed by atoms with Crippen molar-refractivity contribution < 1.29 is 14.4 Å². The second-order valence-corrected chi connectivity index (χ2v) is 13.4. The molecule has 6 rings (SSSR count). The molecule has 0 spiro atoms. The van der Waals surface area contributed by atoms with E-state index in [1.807, 2.05) is 116 Å². The van der Waals surface area contributed by atoms with E-state index in [2.05, 4.69) is 10.6 Å². The van der Waals surface area contributed by atoms with E-state index in [9.17, 15) is 14.4 Å². The molecule has 0 aromatic heterocycles. The summed E-state index contributed by atoms with van der Waals surface area (Å²) in [5.74, 6) is -0.842. The zero-order chi connectivity index (χ0) is 32.8. The monoisotopic (exact) mass is 655 g/mol. The van der Waals surface area contributed by atoms with Gasteiger partial charge in [0.2, 0.25) is 5.91 Å². The maximum Gasteiger partial charge on any atom is 0.272 e. The zero-order valence-corrected chi connectivity index (χ0v) is 27.6. The molecular weight excluding hydrogens is 623 g/mol. The number of carbonyl (C=O) groups excluding carboxylic acids is 3. The van der Waals surface area contributed by atoms with Gasteiger partial charge in [0.25, 0.3) is 11.8 Å². The van der Waals surface area contributed by atoms with Gasteiger partial charge in [0.05, 0.1) is 16.6 Å². The molecule has 1 atom stereocenters. The second-order valence-electron chi connectivity index (χ2n) is 11.0. The summed E-state index contributed by atoms with van der Waals surface area (Å²) in [5, 5.41) is 5.37. The van der Waals surface area contributed by atoms with Crippen LogP contribution in [0.2, 0.25) is 0 Å². The molecule has 1 heterocycles. The Bertz CT molecular complexity index is 1910. The van der Waals surface area contributed by atoms with E-state index in [0.717, 1.165) is 37.2 Å². The number of benzene rings is 5. The highest BCUT2D eigenvalue weighted by Crippen LogP contribution is 2.48. The quantitative estimate of drug-likeness (QED) is 0.122. The van der Waals surface area contributed by atoms with E-state index in [0.29, 0.717) is 17.7 Å². The van der Waals surface area contributed by atoms with E-state index in [1.165, 1.54) is 11.8 Å². The summed E-state index contributed by atoms with van der Waals surface area (Å²) in [4.78, 5) is 45.6. The molecule has 0 saturated carbocycles. The number of carbonyl (C=O) groups is 3. The van der Waals surface area contributed by atoms with Crippen LogP contribution in [0.25, 0.3) is 6.08 Å². The van der Waals surface area contributed by atoms with E-state index < -0.39 is 5.91 Å². The SMILES string of the molecule is CCC(Sc1cccc(NC(=O)/C(=C\c2ccc(C)cc2)NC(=O)c2ccccc2)c1)C(=O)N1c2ccccc2Sc2ccccc21. The van der Waals surface area contributed by atoms with Crippen LogP contribution in [0.15, 0.2) is 148 Å². The Morgan fingerprint density at radius 1 is 0.787 bits per heavy atom. The lowest BCUT2D eigenvalue weighted by Gasteiger charge is -2.33. The Morgan fingerprint density at radius 2 is 1.43 bits per heavy atom. The van der Waals surface area contributed by atoms with Crippen LogP contribution in [0.5, 0.6) is 0 Å². The molecular formula is C39H33N3O3S2. The number of nitrogens with zero attached hydrogens (tertiary/aromatic N) is 1. The molecule has 0 radical (unpaired) electrons. The maximum absolute atomic E-state index is 14.2. The number of para-hydroxylation sites is 2. The third kappa shape index (κ3) is 7.51. The molecule has 8 heteroatoms. The third-order valence-electron chi connectivity index (χ3n) is 7.59. The lowest BCUT2D eigenvalue weighted by Crippen LogP contribution is -2.35. The fraction of sp³-hybridized carbons (Fsp3) is 0.103. The lowest BCUT2D eigenvalue weighted by molar-refractivity contribution is -0.117. The van der Waals surface area contributed by atoms with Crippen molar-refractivity contribution in [3.8, 4) is 0 Å². The molecule has 47 heavy (non-hydrogen) atoms. The largest absolute Gasteiger partial charge is 0.321 e. The van der Waals surface area contributed by atoms with Crippen molar-refractivity contribution in [3.05, 3.63) is 150 Å². The molecule has 0 bridgehead atoms. The lowest BCUT2D eigenvalue weighted by atomic mass is 10.1. The summed E-state index contributed by atoms with van der Waals surface area (Å²) >= 11 is 3.14. The van der Waals surface area contributed by atoms with Crippen LogP contribution in [0.3, 0.4) is 0 Å². The smallest absolute Gasteiger partial charge is 0.272 e. The predicted molar refractivity (Wildman–Crippen MR) is 192 cm³/mol. The predicted octanol–water partition coefficient (Wildman–Crippen LogP) is 9.10. The highest BCUT2D eigenvalue weighted by Gasteiger charge is 2.32. The third-order valence-corrected chi connectivity index (χ3v) is 10.1. The average Bonchev–Trinajstić information content (AvgIpc) is 3.10. The normalized spacial score (nSPS) is 12.8. The minimum atomic E-state index is -0.459. The Kier molecular flexibility index (Phi) is 9.90. The summed E-state index contributed by atoms with van der Waals surface area (Å²) < 4.78 is 0. The molecule has 0 fully saturated rings. The van der Waals surface area contributed by atoms with Gasteiger partial charge in [0, 0.05) is 25.9 Å². The minimum absolute atomic E-state index is 0.000851. The van der Waals surface area contributed by atoms with E-state index in [-0.39, 0.29) is 22.8 Å². The van der Waals surface area contributed by atoms with Gasteiger partial charge in [-0.15, -0.1) is 11.8 Å². The van der Waals surface area contributed by atoms with Gasteiger partial charge < -0.3 is 10.6 Å². The van der Waals surface area contributed by atoms with Crippen molar-refractivity contribution in [2.45, 2.75) is 40.2 Å². The Balaban J connectivity index is 1.22. The number of aryl methyl sites for hydroxylation is 1. The van der Waals surface area contributed by atoms with Crippen molar-refractivity contribution in [1.29, 1.82) is 0 Å². The van der Waals surface area contributed by atoms with Crippen LogP contribution >= 0.6 is 23.5 Å². The highest BCUT2D eigenvalue weighted by molar-refractivity contribution is 8.00. The van der Waals surface area contributed by atoms with E-state index in [4.69, 9.17) is 0 Å². The van der Waals surface area contributed by atoms with Crippen molar-refractivity contribution in [3.63, 3.8) is 0 Å². The second kappa shape index (κ2) is 14.6. The zero-order valence-electron chi connectivity index (χ0n) is 26.0. The van der Waals surface area contributed by atoms with Gasteiger partial charge >= 0.3 is 0 Å².